The van der Waals surface area contributed by atoms with E-state index < -0.39 is 0 Å². The van der Waals surface area contributed by atoms with Crippen LogP contribution in [0, 0.1) is 6.92 Å². The van der Waals surface area contributed by atoms with Gasteiger partial charge in [-0.3, -0.25) is 9.59 Å². The lowest BCUT2D eigenvalue weighted by Gasteiger charge is -2.08. The number of ether oxygens (including phenoxy) is 1. The third kappa shape index (κ3) is 18.5. The van der Waals surface area contributed by atoms with E-state index in [9.17, 15) is 9.59 Å². The van der Waals surface area contributed by atoms with Gasteiger partial charge in [-0.05, 0) is 69.9 Å². The monoisotopic (exact) mass is 503 g/mol. The van der Waals surface area contributed by atoms with Gasteiger partial charge in [-0.1, -0.05) is 98.0 Å². The summed E-state index contributed by atoms with van der Waals surface area (Å²) in [5, 5.41) is 2.86. The molecule has 0 aliphatic carbocycles. The molecule has 0 heterocycles. The summed E-state index contributed by atoms with van der Waals surface area (Å²) in [6, 6.07) is 7.47. The number of aryl methyl sites for hydroxylation is 1. The zero-order valence-corrected chi connectivity index (χ0v) is 22.7. The van der Waals surface area contributed by atoms with E-state index in [1.54, 1.807) is 6.07 Å². The minimum absolute atomic E-state index is 0.0953. The number of esters is 1. The Balaban J connectivity index is 1.97. The normalized spacial score (nSPS) is 12.3. The second kappa shape index (κ2) is 23.0. The molecule has 0 saturated carbocycles. The lowest BCUT2D eigenvalue weighted by molar-refractivity contribution is -0.143. The first kappa shape index (κ1) is 31.6. The first-order chi connectivity index (χ1) is 18.1. The maximum atomic E-state index is 12.1. The van der Waals surface area contributed by atoms with Crippen molar-refractivity contribution in [1.82, 2.24) is 5.32 Å². The van der Waals surface area contributed by atoms with E-state index in [0.717, 1.165) is 44.1 Å². The quantitative estimate of drug-likeness (QED) is 0.118. The Bertz CT molecular complexity index is 935. The fourth-order valence-corrected chi connectivity index (χ4v) is 3.30. The molecular weight excluding hydrogens is 458 g/mol. The molecule has 4 heteroatoms. The van der Waals surface area contributed by atoms with Gasteiger partial charge in [0.15, 0.2) is 0 Å². The number of amides is 1. The van der Waals surface area contributed by atoms with Crippen LogP contribution in [0.1, 0.15) is 80.6 Å². The second-order valence-corrected chi connectivity index (χ2v) is 8.60. The van der Waals surface area contributed by atoms with Crippen molar-refractivity contribution in [1.29, 1.82) is 0 Å². The summed E-state index contributed by atoms with van der Waals surface area (Å²) in [6.45, 7) is 4.86. The first-order valence-electron chi connectivity index (χ1n) is 13.5. The summed E-state index contributed by atoms with van der Waals surface area (Å²) < 4.78 is 5.23. The number of hydrogen-bond acceptors (Lipinski definition) is 3. The number of nitrogens with one attached hydrogen (secondary N) is 1. The summed E-state index contributed by atoms with van der Waals surface area (Å²) in [5.41, 5.74) is 1.62. The first-order valence-corrected chi connectivity index (χ1v) is 13.5. The zero-order valence-electron chi connectivity index (χ0n) is 22.7. The van der Waals surface area contributed by atoms with Gasteiger partial charge in [0.25, 0.3) is 5.91 Å². The highest BCUT2D eigenvalue weighted by molar-refractivity contribution is 5.95. The summed E-state index contributed by atoms with van der Waals surface area (Å²) in [7, 11) is 0. The van der Waals surface area contributed by atoms with Gasteiger partial charge in [0, 0.05) is 18.5 Å². The van der Waals surface area contributed by atoms with E-state index in [2.05, 4.69) is 79.1 Å². The molecule has 1 aromatic rings. The van der Waals surface area contributed by atoms with Crippen molar-refractivity contribution in [3.05, 3.63) is 108 Å². The molecule has 1 rings (SSSR count). The molecule has 0 aromatic heterocycles. The number of benzene rings is 1. The SMILES string of the molecule is CC/C=C\C/C=C\C/C=C\C/C=C\C/C=C\C/C=C\CCC(=O)OCCCNC(=O)c1ccccc1C. The largest absolute Gasteiger partial charge is 0.466 e. The minimum Gasteiger partial charge on any atom is -0.466 e. The molecule has 0 aliphatic heterocycles. The molecule has 200 valence electrons. The highest BCUT2D eigenvalue weighted by atomic mass is 16.5. The van der Waals surface area contributed by atoms with Crippen LogP contribution >= 0.6 is 0 Å². The molecule has 0 atom stereocenters. The van der Waals surface area contributed by atoms with Crippen molar-refractivity contribution in [2.24, 2.45) is 0 Å². The average molecular weight is 504 g/mol. The van der Waals surface area contributed by atoms with Gasteiger partial charge in [0.1, 0.15) is 0 Å². The lowest BCUT2D eigenvalue weighted by atomic mass is 10.1. The summed E-state index contributed by atoms with van der Waals surface area (Å²) in [5.74, 6) is -0.299. The van der Waals surface area contributed by atoms with Crippen LogP contribution < -0.4 is 5.32 Å². The highest BCUT2D eigenvalue weighted by Crippen LogP contribution is 2.06. The Morgan fingerprint density at radius 2 is 1.27 bits per heavy atom. The third-order valence-electron chi connectivity index (χ3n) is 5.37. The smallest absolute Gasteiger partial charge is 0.306 e. The molecule has 0 aliphatic rings. The van der Waals surface area contributed by atoms with Crippen LogP contribution in [-0.4, -0.2) is 25.0 Å². The van der Waals surface area contributed by atoms with Crippen LogP contribution in [0.2, 0.25) is 0 Å². The van der Waals surface area contributed by atoms with Gasteiger partial charge in [-0.15, -0.1) is 0 Å². The van der Waals surface area contributed by atoms with Crippen LogP contribution in [-0.2, 0) is 9.53 Å². The minimum atomic E-state index is -0.204. The molecule has 0 bridgehead atoms. The van der Waals surface area contributed by atoms with E-state index in [4.69, 9.17) is 4.74 Å². The van der Waals surface area contributed by atoms with Crippen LogP contribution in [0.5, 0.6) is 0 Å². The number of carbonyl (C=O) groups excluding carboxylic acids is 2. The summed E-state index contributed by atoms with van der Waals surface area (Å²) in [4.78, 5) is 23.9. The third-order valence-corrected chi connectivity index (χ3v) is 5.37. The van der Waals surface area contributed by atoms with Gasteiger partial charge in [-0.2, -0.15) is 0 Å². The van der Waals surface area contributed by atoms with Crippen LogP contribution in [0.15, 0.2) is 97.2 Å². The van der Waals surface area contributed by atoms with Gasteiger partial charge >= 0.3 is 5.97 Å². The van der Waals surface area contributed by atoms with Gasteiger partial charge < -0.3 is 10.1 Å². The Hall–Kier alpha value is -3.40. The Morgan fingerprint density at radius 1 is 0.757 bits per heavy atom. The van der Waals surface area contributed by atoms with E-state index in [0.29, 0.717) is 38.0 Å². The molecule has 1 aromatic carbocycles. The van der Waals surface area contributed by atoms with E-state index >= 15 is 0 Å². The molecule has 1 amide bonds. The maximum absolute atomic E-state index is 12.1. The highest BCUT2D eigenvalue weighted by Gasteiger charge is 2.07. The van der Waals surface area contributed by atoms with Crippen LogP contribution in [0.3, 0.4) is 0 Å². The van der Waals surface area contributed by atoms with E-state index in [-0.39, 0.29) is 11.9 Å². The Labute approximate surface area is 224 Å². The topological polar surface area (TPSA) is 55.4 Å². The molecular formula is C33H45NO3. The van der Waals surface area contributed by atoms with Crippen LogP contribution in [0.25, 0.3) is 0 Å². The Kier molecular flexibility index (Phi) is 19.7. The van der Waals surface area contributed by atoms with Crippen molar-refractivity contribution in [3.63, 3.8) is 0 Å². The maximum Gasteiger partial charge on any atom is 0.306 e. The zero-order chi connectivity index (χ0) is 26.8. The van der Waals surface area contributed by atoms with Crippen molar-refractivity contribution in [2.75, 3.05) is 13.2 Å². The average Bonchev–Trinajstić information content (AvgIpc) is 2.90. The standard InChI is InChI=1S/C33H45NO3/c1-3-4-5-6-7-8-9-10-11-12-13-14-15-16-17-18-19-20-21-27-32(35)37-29-24-28-34-33(36)31-26-23-22-25-30(31)2/h4-5,7-8,10-11,13-14,16-17,19-20,22-23,25-26H,3,6,9,12,15,18,21,24,27-29H2,1-2H3,(H,34,36)/b5-4-,8-7-,11-10-,14-13-,17-16-,20-19-. The number of rotatable bonds is 19. The lowest BCUT2D eigenvalue weighted by Crippen LogP contribution is -2.26. The number of hydrogen-bond donors (Lipinski definition) is 1. The fraction of sp³-hybridized carbons (Fsp3) is 0.394. The molecule has 0 radical (unpaired) electrons. The van der Waals surface area contributed by atoms with E-state index in [1.807, 2.05) is 31.2 Å². The van der Waals surface area contributed by atoms with E-state index in [1.165, 1.54) is 0 Å². The van der Waals surface area contributed by atoms with Gasteiger partial charge in [-0.25, -0.2) is 0 Å². The molecule has 0 fully saturated rings. The molecule has 37 heavy (non-hydrogen) atoms. The van der Waals surface area contributed by atoms with Gasteiger partial charge in [0.2, 0.25) is 0 Å². The molecule has 4 nitrogen and oxygen atoms in total. The fourth-order valence-electron chi connectivity index (χ4n) is 3.30. The molecule has 0 unspecified atom stereocenters. The predicted octanol–water partition coefficient (Wildman–Crippen LogP) is 8.14. The Morgan fingerprint density at radius 3 is 1.81 bits per heavy atom. The van der Waals surface area contributed by atoms with Gasteiger partial charge in [0.05, 0.1) is 6.61 Å². The van der Waals surface area contributed by atoms with Crippen molar-refractivity contribution >= 4 is 11.9 Å². The molecule has 0 spiro atoms. The molecule has 1 N–H and O–H groups in total. The summed E-state index contributed by atoms with van der Waals surface area (Å²) >= 11 is 0. The van der Waals surface area contributed by atoms with Crippen molar-refractivity contribution < 1.29 is 14.3 Å². The summed E-state index contributed by atoms with van der Waals surface area (Å²) in [6.07, 6.45) is 33.5. The van der Waals surface area contributed by atoms with Crippen molar-refractivity contribution in [2.45, 2.75) is 71.6 Å². The number of carbonyl (C=O) groups is 2. The van der Waals surface area contributed by atoms with Crippen LogP contribution in [0.4, 0.5) is 0 Å². The molecule has 0 saturated heterocycles. The number of allylic oxidation sites excluding steroid dienone is 12. The predicted molar refractivity (Wildman–Crippen MR) is 157 cm³/mol. The second-order valence-electron chi connectivity index (χ2n) is 8.60. The van der Waals surface area contributed by atoms with Crippen molar-refractivity contribution in [3.8, 4) is 0 Å².